The van der Waals surface area contributed by atoms with E-state index in [1.807, 2.05) is 6.92 Å². The number of hydrogen-bond donors (Lipinski definition) is 2. The van der Waals surface area contributed by atoms with Crippen LogP contribution in [0.15, 0.2) is 12.7 Å². The van der Waals surface area contributed by atoms with Crippen molar-refractivity contribution in [2.24, 2.45) is 0 Å². The van der Waals surface area contributed by atoms with Gasteiger partial charge in [0.15, 0.2) is 0 Å². The van der Waals surface area contributed by atoms with Gasteiger partial charge in [0, 0.05) is 19.1 Å². The number of hydrogen-bond acceptors (Lipinski definition) is 2. The van der Waals surface area contributed by atoms with Crippen LogP contribution >= 0.6 is 0 Å². The minimum Gasteiger partial charge on any atom is -0.481 e. The summed E-state index contributed by atoms with van der Waals surface area (Å²) in [6.07, 6.45) is 2.39. The number of nitrogens with zero attached hydrogens (tertiary/aromatic N) is 1. The van der Waals surface area contributed by atoms with E-state index in [1.54, 1.807) is 13.0 Å². The minimum atomic E-state index is -0.898. The summed E-state index contributed by atoms with van der Waals surface area (Å²) in [5.41, 5.74) is 0. The number of carbonyl (C=O) groups is 2. The molecule has 0 heterocycles. The minimum absolute atomic E-state index is 0.0390. The van der Waals surface area contributed by atoms with Crippen LogP contribution in [-0.2, 0) is 4.79 Å². The van der Waals surface area contributed by atoms with Crippen LogP contribution in [0.3, 0.4) is 0 Å². The molecule has 0 fully saturated rings. The highest BCUT2D eigenvalue weighted by atomic mass is 16.4. The molecule has 0 saturated heterocycles. The molecule has 0 aliphatic rings. The second kappa shape index (κ2) is 7.73. The molecule has 16 heavy (non-hydrogen) atoms. The molecule has 0 bridgehead atoms. The zero-order chi connectivity index (χ0) is 12.6. The summed E-state index contributed by atoms with van der Waals surface area (Å²) in [6.45, 7) is 8.13. The zero-order valence-electron chi connectivity index (χ0n) is 9.90. The number of aliphatic carboxylic acids is 1. The summed E-state index contributed by atoms with van der Waals surface area (Å²) in [6, 6.07) is -0.524. The van der Waals surface area contributed by atoms with E-state index in [1.165, 1.54) is 4.90 Å². The van der Waals surface area contributed by atoms with Crippen molar-refractivity contribution in [3.05, 3.63) is 12.7 Å². The number of urea groups is 1. The lowest BCUT2D eigenvalue weighted by Crippen LogP contribution is -2.45. The fraction of sp³-hybridized carbons (Fsp3) is 0.636. The average molecular weight is 228 g/mol. The molecule has 0 spiro atoms. The third-order valence-corrected chi connectivity index (χ3v) is 2.23. The highest BCUT2D eigenvalue weighted by molar-refractivity contribution is 5.75. The number of carboxylic acids is 1. The Morgan fingerprint density at radius 2 is 2.19 bits per heavy atom. The Balaban J connectivity index is 4.18. The molecule has 0 rings (SSSR count). The number of rotatable bonds is 7. The first-order valence-corrected chi connectivity index (χ1v) is 5.40. The average Bonchev–Trinajstić information content (AvgIpc) is 2.18. The fourth-order valence-electron chi connectivity index (χ4n) is 1.40. The van der Waals surface area contributed by atoms with Gasteiger partial charge in [-0.1, -0.05) is 6.08 Å². The summed E-state index contributed by atoms with van der Waals surface area (Å²) < 4.78 is 0. The van der Waals surface area contributed by atoms with Gasteiger partial charge < -0.3 is 15.3 Å². The first-order valence-electron chi connectivity index (χ1n) is 5.40. The van der Waals surface area contributed by atoms with Crippen LogP contribution in [0.1, 0.15) is 26.7 Å². The molecule has 2 amide bonds. The third-order valence-electron chi connectivity index (χ3n) is 2.23. The second-order valence-electron chi connectivity index (χ2n) is 3.54. The van der Waals surface area contributed by atoms with Crippen LogP contribution in [0.4, 0.5) is 4.79 Å². The molecule has 0 saturated carbocycles. The van der Waals surface area contributed by atoms with Gasteiger partial charge in [-0.3, -0.25) is 4.79 Å². The summed E-state index contributed by atoms with van der Waals surface area (Å²) in [5, 5.41) is 11.4. The lowest BCUT2D eigenvalue weighted by molar-refractivity contribution is -0.138. The molecule has 0 aliphatic carbocycles. The van der Waals surface area contributed by atoms with Gasteiger partial charge in [-0.05, 0) is 20.3 Å². The summed E-state index contributed by atoms with van der Waals surface area (Å²) in [7, 11) is 0. The molecule has 2 N–H and O–H groups in total. The highest BCUT2D eigenvalue weighted by Gasteiger charge is 2.19. The molecule has 0 aromatic heterocycles. The van der Waals surface area contributed by atoms with Crippen LogP contribution in [0.25, 0.3) is 0 Å². The van der Waals surface area contributed by atoms with E-state index in [0.717, 1.165) is 0 Å². The van der Waals surface area contributed by atoms with Crippen molar-refractivity contribution in [2.75, 3.05) is 13.1 Å². The smallest absolute Gasteiger partial charge is 0.317 e. The lowest BCUT2D eigenvalue weighted by Gasteiger charge is -2.27. The van der Waals surface area contributed by atoms with E-state index in [9.17, 15) is 9.59 Å². The number of nitrogens with one attached hydrogen (secondary N) is 1. The van der Waals surface area contributed by atoms with E-state index >= 15 is 0 Å². The summed E-state index contributed by atoms with van der Waals surface area (Å²) >= 11 is 0. The van der Waals surface area contributed by atoms with Gasteiger partial charge in [-0.2, -0.15) is 0 Å². The van der Waals surface area contributed by atoms with Gasteiger partial charge in [0.05, 0.1) is 6.42 Å². The van der Waals surface area contributed by atoms with Gasteiger partial charge in [0.2, 0.25) is 0 Å². The molecular weight excluding hydrogens is 208 g/mol. The molecule has 92 valence electrons. The Labute approximate surface area is 96.1 Å². The van der Waals surface area contributed by atoms with E-state index in [-0.39, 0.29) is 18.5 Å². The van der Waals surface area contributed by atoms with Crippen molar-refractivity contribution in [3.63, 3.8) is 0 Å². The molecule has 5 heteroatoms. The van der Waals surface area contributed by atoms with Crippen LogP contribution < -0.4 is 5.32 Å². The Morgan fingerprint density at radius 1 is 1.56 bits per heavy atom. The first kappa shape index (κ1) is 14.5. The number of amides is 2. The monoisotopic (exact) mass is 228 g/mol. The summed E-state index contributed by atoms with van der Waals surface area (Å²) in [4.78, 5) is 23.7. The number of carbonyl (C=O) groups excluding carboxylic acids is 1. The molecule has 0 aromatic carbocycles. The zero-order valence-corrected chi connectivity index (χ0v) is 9.90. The molecular formula is C11H20N2O3. The quantitative estimate of drug-likeness (QED) is 0.512. The van der Waals surface area contributed by atoms with Crippen molar-refractivity contribution in [3.8, 4) is 0 Å². The van der Waals surface area contributed by atoms with Crippen molar-refractivity contribution in [2.45, 2.75) is 32.7 Å². The maximum absolute atomic E-state index is 11.7. The maximum Gasteiger partial charge on any atom is 0.317 e. The largest absolute Gasteiger partial charge is 0.481 e. The normalized spacial score (nSPS) is 11.6. The van der Waals surface area contributed by atoms with Crippen molar-refractivity contribution in [1.82, 2.24) is 10.2 Å². The lowest BCUT2D eigenvalue weighted by atomic mass is 10.2. The molecule has 1 unspecified atom stereocenters. The molecule has 0 radical (unpaired) electrons. The SMILES string of the molecule is C=CCCNC(=O)N(CC)C(C)CC(=O)O. The van der Waals surface area contributed by atoms with Crippen LogP contribution in [0.5, 0.6) is 0 Å². The van der Waals surface area contributed by atoms with E-state index in [4.69, 9.17) is 5.11 Å². The molecule has 1 atom stereocenters. The van der Waals surface area contributed by atoms with E-state index < -0.39 is 5.97 Å². The predicted octanol–water partition coefficient (Wildman–Crippen LogP) is 1.46. The van der Waals surface area contributed by atoms with E-state index in [2.05, 4.69) is 11.9 Å². The third kappa shape index (κ3) is 5.38. The van der Waals surface area contributed by atoms with Gasteiger partial charge >= 0.3 is 12.0 Å². The van der Waals surface area contributed by atoms with Crippen LogP contribution in [-0.4, -0.2) is 41.1 Å². The highest BCUT2D eigenvalue weighted by Crippen LogP contribution is 2.04. The fourth-order valence-corrected chi connectivity index (χ4v) is 1.40. The molecule has 0 aliphatic heterocycles. The first-order chi connectivity index (χ1) is 7.52. The Morgan fingerprint density at radius 3 is 2.62 bits per heavy atom. The van der Waals surface area contributed by atoms with Crippen molar-refractivity contribution >= 4 is 12.0 Å². The Hall–Kier alpha value is -1.52. The van der Waals surface area contributed by atoms with Gasteiger partial charge in [-0.15, -0.1) is 6.58 Å². The topological polar surface area (TPSA) is 69.6 Å². The molecule has 5 nitrogen and oxygen atoms in total. The summed E-state index contributed by atoms with van der Waals surface area (Å²) in [5.74, 6) is -0.898. The van der Waals surface area contributed by atoms with Crippen molar-refractivity contribution < 1.29 is 14.7 Å². The van der Waals surface area contributed by atoms with Gasteiger partial charge in [0.25, 0.3) is 0 Å². The van der Waals surface area contributed by atoms with Crippen LogP contribution in [0, 0.1) is 0 Å². The van der Waals surface area contributed by atoms with Gasteiger partial charge in [0.1, 0.15) is 0 Å². The standard InChI is InChI=1S/C11H20N2O3/c1-4-6-7-12-11(16)13(5-2)9(3)8-10(14)15/h4,9H,1,5-8H2,2-3H3,(H,12,16)(H,14,15). The molecule has 0 aromatic rings. The second-order valence-corrected chi connectivity index (χ2v) is 3.54. The van der Waals surface area contributed by atoms with Crippen LogP contribution in [0.2, 0.25) is 0 Å². The van der Waals surface area contributed by atoms with Crippen molar-refractivity contribution in [1.29, 1.82) is 0 Å². The Bertz CT molecular complexity index is 254. The van der Waals surface area contributed by atoms with Gasteiger partial charge in [-0.25, -0.2) is 4.79 Å². The predicted molar refractivity (Wildman–Crippen MR) is 62.3 cm³/mol. The number of carboxylic acid groups (broad SMARTS) is 1. The Kier molecular flexibility index (Phi) is 7.00. The van der Waals surface area contributed by atoms with E-state index in [0.29, 0.717) is 19.5 Å². The maximum atomic E-state index is 11.7.